The molecule has 2 aliphatic rings. The van der Waals surface area contributed by atoms with E-state index in [1.807, 2.05) is 20.8 Å². The highest BCUT2D eigenvalue weighted by atomic mass is 16.6. The van der Waals surface area contributed by atoms with E-state index in [0.717, 1.165) is 26.3 Å². The number of likely N-dealkylation sites (tertiary alicyclic amines) is 2. The highest BCUT2D eigenvalue weighted by Gasteiger charge is 2.16. The Hall–Kier alpha value is -0.770. The van der Waals surface area contributed by atoms with Crippen molar-refractivity contribution in [2.24, 2.45) is 0 Å². The number of piperidine rings is 2. The molecule has 2 aliphatic heterocycles. The Morgan fingerprint density at radius 2 is 1.19 bits per heavy atom. The number of aliphatic hydroxyl groups excluding tert-OH is 1. The van der Waals surface area contributed by atoms with Crippen molar-refractivity contribution in [1.82, 2.24) is 9.80 Å². The van der Waals surface area contributed by atoms with E-state index in [1.54, 1.807) is 0 Å². The summed E-state index contributed by atoms with van der Waals surface area (Å²) >= 11 is 0. The Kier molecular flexibility index (Phi) is 17.0. The molecule has 32 heavy (non-hydrogen) atoms. The molecule has 0 saturated carbocycles. The van der Waals surface area contributed by atoms with Crippen LogP contribution in [0.3, 0.4) is 0 Å². The Morgan fingerprint density at radius 1 is 0.719 bits per heavy atom. The van der Waals surface area contributed by atoms with Crippen molar-refractivity contribution < 1.29 is 28.8 Å². The Morgan fingerprint density at radius 3 is 1.66 bits per heavy atom. The van der Waals surface area contributed by atoms with E-state index < -0.39 is 5.60 Å². The summed E-state index contributed by atoms with van der Waals surface area (Å²) in [7, 11) is 0. The summed E-state index contributed by atoms with van der Waals surface area (Å²) in [5, 5.41) is 8.46. The number of hydrogen-bond donors (Lipinski definition) is 1. The van der Waals surface area contributed by atoms with Crippen LogP contribution in [0, 0.1) is 0 Å². The molecule has 2 saturated heterocycles. The molecule has 8 nitrogen and oxygen atoms in total. The number of aliphatic hydroxyl groups is 1. The fourth-order valence-corrected chi connectivity index (χ4v) is 3.67. The average molecular weight is 461 g/mol. The molecule has 0 spiro atoms. The van der Waals surface area contributed by atoms with Gasteiger partial charge >= 0.3 is 5.97 Å². The van der Waals surface area contributed by atoms with Gasteiger partial charge in [0.1, 0.15) is 12.2 Å². The van der Waals surface area contributed by atoms with Crippen LogP contribution in [0.5, 0.6) is 0 Å². The second kappa shape index (κ2) is 18.6. The van der Waals surface area contributed by atoms with Crippen molar-refractivity contribution in [3.8, 4) is 0 Å². The van der Waals surface area contributed by atoms with E-state index in [9.17, 15) is 4.79 Å². The van der Waals surface area contributed by atoms with Gasteiger partial charge in [0.25, 0.3) is 0 Å². The quantitative estimate of drug-likeness (QED) is 0.331. The minimum Gasteiger partial charge on any atom is -0.458 e. The predicted molar refractivity (Wildman–Crippen MR) is 126 cm³/mol. The fraction of sp³-hybridized carbons (Fsp3) is 0.958. The maximum Gasteiger partial charge on any atom is 0.332 e. The lowest BCUT2D eigenvalue weighted by Crippen LogP contribution is -2.33. The average Bonchev–Trinajstić information content (AvgIpc) is 2.77. The second-order valence-electron chi connectivity index (χ2n) is 9.39. The minimum atomic E-state index is -0.453. The molecule has 190 valence electrons. The zero-order chi connectivity index (χ0) is 23.5. The number of ether oxygens (including phenoxy) is 4. The topological polar surface area (TPSA) is 80.7 Å². The van der Waals surface area contributed by atoms with Gasteiger partial charge in [0, 0.05) is 13.1 Å². The first-order chi connectivity index (χ1) is 15.4. The Balaban J connectivity index is 0.000000363. The number of carbonyl (C=O) groups is 1. The summed E-state index contributed by atoms with van der Waals surface area (Å²) in [5.41, 5.74) is -0.453. The van der Waals surface area contributed by atoms with Gasteiger partial charge in [-0.1, -0.05) is 12.8 Å². The zero-order valence-electron chi connectivity index (χ0n) is 20.8. The Bertz CT molecular complexity index is 446. The molecule has 8 heteroatoms. The molecule has 0 bridgehead atoms. The van der Waals surface area contributed by atoms with E-state index in [-0.39, 0.29) is 19.2 Å². The SMILES string of the molecule is CC(C)(C)OC(=O)COCCOCCN1CCCCC1.OCCOCCN1CCCCC1. The highest BCUT2D eigenvalue weighted by molar-refractivity contribution is 5.71. The van der Waals surface area contributed by atoms with Crippen LogP contribution in [0.15, 0.2) is 0 Å². The summed E-state index contributed by atoms with van der Waals surface area (Å²) in [5.74, 6) is -0.328. The molecular weight excluding hydrogens is 412 g/mol. The third-order valence-corrected chi connectivity index (χ3v) is 5.25. The molecule has 0 aromatic carbocycles. The molecule has 0 atom stereocenters. The van der Waals surface area contributed by atoms with Gasteiger partial charge < -0.3 is 33.9 Å². The van der Waals surface area contributed by atoms with Crippen molar-refractivity contribution in [3.63, 3.8) is 0 Å². The molecule has 2 rings (SSSR count). The number of esters is 1. The lowest BCUT2D eigenvalue weighted by molar-refractivity contribution is -0.160. The monoisotopic (exact) mass is 460 g/mol. The lowest BCUT2D eigenvalue weighted by atomic mass is 10.1. The lowest BCUT2D eigenvalue weighted by Gasteiger charge is -2.26. The van der Waals surface area contributed by atoms with E-state index in [4.69, 9.17) is 24.1 Å². The summed E-state index contributed by atoms with van der Waals surface area (Å²) < 4.78 is 21.0. The molecule has 0 unspecified atom stereocenters. The fourth-order valence-electron chi connectivity index (χ4n) is 3.67. The third-order valence-electron chi connectivity index (χ3n) is 5.25. The Labute approximate surface area is 195 Å². The normalized spacial score (nSPS) is 18.1. The molecule has 0 aliphatic carbocycles. The molecule has 2 heterocycles. The van der Waals surface area contributed by atoms with Crippen molar-refractivity contribution >= 4 is 5.97 Å². The summed E-state index contributed by atoms with van der Waals surface area (Å²) in [4.78, 5) is 16.2. The maximum atomic E-state index is 11.4. The van der Waals surface area contributed by atoms with Crippen molar-refractivity contribution in [3.05, 3.63) is 0 Å². The van der Waals surface area contributed by atoms with Crippen molar-refractivity contribution in [2.45, 2.75) is 64.9 Å². The van der Waals surface area contributed by atoms with Gasteiger partial charge in [0.15, 0.2) is 0 Å². The van der Waals surface area contributed by atoms with Crippen molar-refractivity contribution in [1.29, 1.82) is 0 Å². The van der Waals surface area contributed by atoms with Crippen LogP contribution in [0.25, 0.3) is 0 Å². The van der Waals surface area contributed by atoms with E-state index in [0.29, 0.717) is 19.8 Å². The van der Waals surface area contributed by atoms with Gasteiger partial charge in [-0.15, -0.1) is 0 Å². The van der Waals surface area contributed by atoms with E-state index in [1.165, 1.54) is 64.7 Å². The molecule has 0 aromatic rings. The highest BCUT2D eigenvalue weighted by Crippen LogP contribution is 2.08. The largest absolute Gasteiger partial charge is 0.458 e. The van der Waals surface area contributed by atoms with E-state index >= 15 is 0 Å². The van der Waals surface area contributed by atoms with Crippen LogP contribution < -0.4 is 0 Å². The van der Waals surface area contributed by atoms with Gasteiger partial charge in [0.05, 0.1) is 39.6 Å². The van der Waals surface area contributed by atoms with Gasteiger partial charge in [-0.05, 0) is 72.6 Å². The zero-order valence-corrected chi connectivity index (χ0v) is 20.8. The van der Waals surface area contributed by atoms with Crippen LogP contribution in [0.2, 0.25) is 0 Å². The third kappa shape index (κ3) is 17.7. The smallest absolute Gasteiger partial charge is 0.332 e. The molecule has 0 amide bonds. The van der Waals surface area contributed by atoms with Crippen LogP contribution in [0.1, 0.15) is 59.3 Å². The second-order valence-corrected chi connectivity index (χ2v) is 9.39. The molecule has 0 aromatic heterocycles. The first kappa shape index (κ1) is 29.3. The number of nitrogens with zero attached hydrogens (tertiary/aromatic N) is 2. The van der Waals surface area contributed by atoms with Crippen LogP contribution in [-0.4, -0.2) is 112 Å². The number of carbonyl (C=O) groups excluding carboxylic acids is 1. The van der Waals surface area contributed by atoms with Crippen molar-refractivity contribution in [2.75, 3.05) is 85.5 Å². The maximum absolute atomic E-state index is 11.4. The van der Waals surface area contributed by atoms with Crippen LogP contribution in [-0.2, 0) is 23.7 Å². The molecule has 0 radical (unpaired) electrons. The number of hydrogen-bond acceptors (Lipinski definition) is 8. The first-order valence-electron chi connectivity index (χ1n) is 12.4. The summed E-state index contributed by atoms with van der Waals surface area (Å²) in [6.07, 6.45) is 8.02. The standard InChI is InChI=1S/C15H29NO4.C9H19NO2/c1-15(2,3)20-14(17)13-19-12-11-18-10-9-16-7-5-4-6-8-16;11-7-9-12-8-6-10-4-2-1-3-5-10/h4-13H2,1-3H3;11H,1-9H2. The van der Waals surface area contributed by atoms with Crippen LogP contribution in [0.4, 0.5) is 0 Å². The van der Waals surface area contributed by atoms with Gasteiger partial charge in [-0.25, -0.2) is 4.79 Å². The van der Waals surface area contributed by atoms with Crippen LogP contribution >= 0.6 is 0 Å². The molecule has 2 fully saturated rings. The first-order valence-corrected chi connectivity index (χ1v) is 12.4. The molecule has 1 N–H and O–H groups in total. The minimum absolute atomic E-state index is 0.00719. The predicted octanol–water partition coefficient (Wildman–Crippen LogP) is 2.33. The van der Waals surface area contributed by atoms with Gasteiger partial charge in [-0.3, -0.25) is 0 Å². The molecular formula is C24H48N2O6. The van der Waals surface area contributed by atoms with Gasteiger partial charge in [0.2, 0.25) is 0 Å². The van der Waals surface area contributed by atoms with E-state index in [2.05, 4.69) is 9.80 Å². The number of rotatable bonds is 13. The summed E-state index contributed by atoms with van der Waals surface area (Å²) in [6, 6.07) is 0. The summed E-state index contributed by atoms with van der Waals surface area (Å²) in [6.45, 7) is 15.4. The van der Waals surface area contributed by atoms with Gasteiger partial charge in [-0.2, -0.15) is 0 Å².